The normalized spacial score (nSPS) is 21.2. The van der Waals surface area contributed by atoms with E-state index in [1.54, 1.807) is 23.9 Å². The van der Waals surface area contributed by atoms with E-state index in [1.807, 2.05) is 0 Å². The van der Waals surface area contributed by atoms with Crippen molar-refractivity contribution in [1.82, 2.24) is 9.78 Å². The van der Waals surface area contributed by atoms with E-state index in [1.165, 1.54) is 0 Å². The number of rotatable bonds is 5. The van der Waals surface area contributed by atoms with Gasteiger partial charge in [-0.1, -0.05) is 18.2 Å². The molecule has 0 amide bonds. The zero-order chi connectivity index (χ0) is 18.2. The molecule has 3 rings (SSSR count). The fourth-order valence-electron chi connectivity index (χ4n) is 3.15. The SMILES string of the molecule is C=C(Cl)C=C1/C(=C\N)CCc2c1nn(CC1(N)CC1)c2C(=O)OCC. The van der Waals surface area contributed by atoms with Crippen molar-refractivity contribution in [3.8, 4) is 0 Å². The Labute approximate surface area is 152 Å². The first-order chi connectivity index (χ1) is 11.9. The molecule has 0 bridgehead atoms. The second kappa shape index (κ2) is 6.69. The van der Waals surface area contributed by atoms with Crippen molar-refractivity contribution >= 4 is 23.1 Å². The van der Waals surface area contributed by atoms with Crippen molar-refractivity contribution in [3.05, 3.63) is 46.4 Å². The van der Waals surface area contributed by atoms with Gasteiger partial charge < -0.3 is 16.2 Å². The predicted octanol–water partition coefficient (Wildman–Crippen LogP) is 2.48. The van der Waals surface area contributed by atoms with Crippen LogP contribution in [0.1, 0.15) is 47.9 Å². The van der Waals surface area contributed by atoms with Gasteiger partial charge in [0.2, 0.25) is 0 Å². The summed E-state index contributed by atoms with van der Waals surface area (Å²) in [5.41, 5.74) is 15.5. The van der Waals surface area contributed by atoms with Crippen LogP contribution < -0.4 is 11.5 Å². The lowest BCUT2D eigenvalue weighted by Crippen LogP contribution is -2.30. The van der Waals surface area contributed by atoms with Crippen LogP contribution >= 0.6 is 11.6 Å². The summed E-state index contributed by atoms with van der Waals surface area (Å²) in [6, 6.07) is 0. The monoisotopic (exact) mass is 362 g/mol. The Bertz CT molecular complexity index is 787. The molecule has 7 heteroatoms. The summed E-state index contributed by atoms with van der Waals surface area (Å²) in [5, 5.41) is 5.06. The Hall–Kier alpha value is -2.05. The lowest BCUT2D eigenvalue weighted by atomic mass is 9.87. The first-order valence-corrected chi connectivity index (χ1v) is 8.79. The third-order valence-corrected chi connectivity index (χ3v) is 4.73. The molecule has 0 aliphatic heterocycles. The topological polar surface area (TPSA) is 96.2 Å². The zero-order valence-corrected chi connectivity index (χ0v) is 15.1. The minimum Gasteiger partial charge on any atom is -0.461 e. The minimum absolute atomic E-state index is 0.289. The van der Waals surface area contributed by atoms with E-state index in [9.17, 15) is 4.79 Å². The molecule has 0 spiro atoms. The van der Waals surface area contributed by atoms with Gasteiger partial charge in [-0.15, -0.1) is 0 Å². The summed E-state index contributed by atoms with van der Waals surface area (Å²) in [4.78, 5) is 12.6. The van der Waals surface area contributed by atoms with Crippen LogP contribution in [-0.4, -0.2) is 27.9 Å². The van der Waals surface area contributed by atoms with Gasteiger partial charge in [-0.05, 0) is 50.5 Å². The van der Waals surface area contributed by atoms with Crippen LogP contribution in [0.25, 0.3) is 5.57 Å². The van der Waals surface area contributed by atoms with E-state index in [2.05, 4.69) is 11.7 Å². The maximum atomic E-state index is 12.6. The van der Waals surface area contributed by atoms with E-state index >= 15 is 0 Å². The van der Waals surface area contributed by atoms with Gasteiger partial charge in [0, 0.05) is 21.7 Å². The maximum absolute atomic E-state index is 12.6. The second-order valence-electron chi connectivity index (χ2n) is 6.61. The van der Waals surface area contributed by atoms with Crippen molar-refractivity contribution in [3.63, 3.8) is 0 Å². The number of fused-ring (bicyclic) bond motifs is 1. The fourth-order valence-corrected chi connectivity index (χ4v) is 3.26. The van der Waals surface area contributed by atoms with Crippen LogP contribution in [0.4, 0.5) is 0 Å². The molecule has 0 aromatic carbocycles. The third-order valence-electron chi connectivity index (χ3n) is 4.62. The van der Waals surface area contributed by atoms with Crippen molar-refractivity contribution in [2.24, 2.45) is 11.5 Å². The van der Waals surface area contributed by atoms with E-state index in [4.69, 9.17) is 27.8 Å². The van der Waals surface area contributed by atoms with Gasteiger partial charge in [-0.2, -0.15) is 5.10 Å². The highest BCUT2D eigenvalue weighted by atomic mass is 35.5. The molecule has 1 fully saturated rings. The summed E-state index contributed by atoms with van der Waals surface area (Å²) in [6.07, 6.45) is 6.51. The Kier molecular flexibility index (Phi) is 4.75. The molecule has 134 valence electrons. The van der Waals surface area contributed by atoms with Crippen molar-refractivity contribution in [1.29, 1.82) is 0 Å². The van der Waals surface area contributed by atoms with Crippen LogP contribution in [0.15, 0.2) is 29.5 Å². The van der Waals surface area contributed by atoms with Crippen LogP contribution in [0.3, 0.4) is 0 Å². The second-order valence-corrected chi connectivity index (χ2v) is 7.10. The van der Waals surface area contributed by atoms with Crippen molar-refractivity contribution in [2.45, 2.75) is 44.7 Å². The smallest absolute Gasteiger partial charge is 0.356 e. The number of hydrogen-bond donors (Lipinski definition) is 2. The summed E-state index contributed by atoms with van der Waals surface area (Å²) in [5.74, 6) is -0.371. The first-order valence-electron chi connectivity index (χ1n) is 8.42. The number of halogens is 1. The number of carbonyl (C=O) groups is 1. The molecule has 1 saturated carbocycles. The highest BCUT2D eigenvalue weighted by Crippen LogP contribution is 2.39. The Morgan fingerprint density at radius 1 is 1.48 bits per heavy atom. The van der Waals surface area contributed by atoms with Crippen LogP contribution in [0, 0.1) is 0 Å². The van der Waals surface area contributed by atoms with Gasteiger partial charge in [-0.3, -0.25) is 4.68 Å². The minimum atomic E-state index is -0.371. The van der Waals surface area contributed by atoms with Crippen molar-refractivity contribution in [2.75, 3.05) is 6.61 Å². The first kappa shape index (κ1) is 17.8. The Morgan fingerprint density at radius 2 is 2.20 bits per heavy atom. The molecule has 0 saturated heterocycles. The van der Waals surface area contributed by atoms with Crippen LogP contribution in [0.5, 0.6) is 0 Å². The van der Waals surface area contributed by atoms with E-state index in [-0.39, 0.29) is 11.5 Å². The summed E-state index contributed by atoms with van der Waals surface area (Å²) >= 11 is 5.99. The quantitative estimate of drug-likeness (QED) is 0.784. The van der Waals surface area contributed by atoms with E-state index in [0.717, 1.165) is 29.6 Å². The molecule has 0 unspecified atom stereocenters. The van der Waals surface area contributed by atoms with Gasteiger partial charge in [0.15, 0.2) is 0 Å². The number of hydrogen-bond acceptors (Lipinski definition) is 5. The summed E-state index contributed by atoms with van der Waals surface area (Å²) < 4.78 is 6.95. The van der Waals surface area contributed by atoms with Gasteiger partial charge >= 0.3 is 5.97 Å². The van der Waals surface area contributed by atoms with Crippen LogP contribution in [-0.2, 0) is 17.7 Å². The predicted molar refractivity (Wildman–Crippen MR) is 97.9 cm³/mol. The van der Waals surface area contributed by atoms with Gasteiger partial charge in [0.05, 0.1) is 18.8 Å². The van der Waals surface area contributed by atoms with Gasteiger partial charge in [0.25, 0.3) is 0 Å². The standard InChI is InChI=1S/C18H23ClN4O2/c1-3-25-17(24)16-13-5-4-12(9-20)14(8-11(2)19)15(13)22-23(16)10-18(21)6-7-18/h8-9H,2-7,10,20-21H2,1H3/b12-9-,14-8?. The molecule has 2 aliphatic carbocycles. The molecule has 1 heterocycles. The summed E-state index contributed by atoms with van der Waals surface area (Å²) in [6.45, 7) is 6.31. The van der Waals surface area contributed by atoms with E-state index < -0.39 is 0 Å². The third kappa shape index (κ3) is 3.50. The number of nitrogens with zero attached hydrogens (tertiary/aromatic N) is 2. The highest BCUT2D eigenvalue weighted by molar-refractivity contribution is 6.31. The molecule has 4 N–H and O–H groups in total. The molecule has 1 aromatic heterocycles. The maximum Gasteiger partial charge on any atom is 0.356 e. The Balaban J connectivity index is 2.14. The molecule has 25 heavy (non-hydrogen) atoms. The number of esters is 1. The molecular formula is C18H23ClN4O2. The lowest BCUT2D eigenvalue weighted by molar-refractivity contribution is 0.0509. The summed E-state index contributed by atoms with van der Waals surface area (Å²) in [7, 11) is 0. The van der Waals surface area contributed by atoms with Crippen molar-refractivity contribution < 1.29 is 9.53 Å². The molecule has 2 aliphatic rings. The Morgan fingerprint density at radius 3 is 2.76 bits per heavy atom. The number of aromatic nitrogens is 2. The number of allylic oxidation sites excluding steroid dienone is 4. The number of nitrogens with two attached hydrogens (primary N) is 2. The molecule has 1 aromatic rings. The fraction of sp³-hybridized carbons (Fsp3) is 0.444. The van der Waals surface area contributed by atoms with Gasteiger partial charge in [0.1, 0.15) is 5.69 Å². The van der Waals surface area contributed by atoms with Crippen LogP contribution in [0.2, 0.25) is 0 Å². The average Bonchev–Trinajstić information content (AvgIpc) is 3.15. The largest absolute Gasteiger partial charge is 0.461 e. The number of ether oxygens (including phenoxy) is 1. The molecular weight excluding hydrogens is 340 g/mol. The highest BCUT2D eigenvalue weighted by Gasteiger charge is 2.41. The number of carbonyl (C=O) groups excluding carboxylic acids is 1. The zero-order valence-electron chi connectivity index (χ0n) is 14.3. The van der Waals surface area contributed by atoms with Gasteiger partial charge in [-0.25, -0.2) is 4.79 Å². The average molecular weight is 363 g/mol. The molecule has 6 nitrogen and oxygen atoms in total. The molecule has 0 atom stereocenters. The molecule has 0 radical (unpaired) electrons. The van der Waals surface area contributed by atoms with E-state index in [0.29, 0.717) is 42.4 Å². The lowest BCUT2D eigenvalue weighted by Gasteiger charge is -2.18.